The maximum atomic E-state index is 12.2. The van der Waals surface area contributed by atoms with Crippen LogP contribution in [0.1, 0.15) is 25.7 Å². The zero-order valence-electron chi connectivity index (χ0n) is 10.5. The SMILES string of the molecule is O=C(Nc1ccccc1)N1CCCCCC1CO. The van der Waals surface area contributed by atoms with Crippen molar-refractivity contribution >= 4 is 11.7 Å². The molecular weight excluding hydrogens is 228 g/mol. The van der Waals surface area contributed by atoms with Crippen LogP contribution in [0.3, 0.4) is 0 Å². The third-order valence-electron chi connectivity index (χ3n) is 3.37. The summed E-state index contributed by atoms with van der Waals surface area (Å²) >= 11 is 0. The molecule has 4 heteroatoms. The second-order valence-electron chi connectivity index (χ2n) is 4.68. The van der Waals surface area contributed by atoms with Crippen LogP contribution in [0, 0.1) is 0 Å². The molecule has 0 saturated carbocycles. The van der Waals surface area contributed by atoms with E-state index >= 15 is 0 Å². The maximum absolute atomic E-state index is 12.2. The summed E-state index contributed by atoms with van der Waals surface area (Å²) in [5.74, 6) is 0. The summed E-state index contributed by atoms with van der Waals surface area (Å²) in [5, 5.41) is 12.3. The Labute approximate surface area is 108 Å². The van der Waals surface area contributed by atoms with Gasteiger partial charge in [-0.25, -0.2) is 4.79 Å². The maximum Gasteiger partial charge on any atom is 0.322 e. The lowest BCUT2D eigenvalue weighted by molar-refractivity contribution is 0.142. The standard InChI is InChI=1S/C14H20N2O2/c17-11-13-9-5-2-6-10-16(13)14(18)15-12-7-3-1-4-8-12/h1,3-4,7-8,13,17H,2,5-6,9-11H2,(H,15,18). The van der Waals surface area contributed by atoms with Gasteiger partial charge in [-0.05, 0) is 25.0 Å². The second kappa shape index (κ2) is 6.40. The largest absolute Gasteiger partial charge is 0.394 e. The van der Waals surface area contributed by atoms with Crippen molar-refractivity contribution in [3.8, 4) is 0 Å². The first-order valence-corrected chi connectivity index (χ1v) is 6.55. The van der Waals surface area contributed by atoms with Gasteiger partial charge < -0.3 is 15.3 Å². The average molecular weight is 248 g/mol. The summed E-state index contributed by atoms with van der Waals surface area (Å²) in [4.78, 5) is 14.0. The Morgan fingerprint density at radius 2 is 2.06 bits per heavy atom. The van der Waals surface area contributed by atoms with Crippen LogP contribution in [0.2, 0.25) is 0 Å². The van der Waals surface area contributed by atoms with Crippen molar-refractivity contribution in [2.75, 3.05) is 18.5 Å². The van der Waals surface area contributed by atoms with Crippen molar-refractivity contribution in [2.24, 2.45) is 0 Å². The fourth-order valence-corrected chi connectivity index (χ4v) is 2.35. The lowest BCUT2D eigenvalue weighted by Crippen LogP contribution is -2.44. The molecule has 0 spiro atoms. The van der Waals surface area contributed by atoms with Crippen LogP contribution in [0.25, 0.3) is 0 Å². The van der Waals surface area contributed by atoms with E-state index in [-0.39, 0.29) is 18.7 Å². The number of urea groups is 1. The van der Waals surface area contributed by atoms with Crippen LogP contribution >= 0.6 is 0 Å². The molecule has 0 aliphatic carbocycles. The molecule has 0 radical (unpaired) electrons. The van der Waals surface area contributed by atoms with Crippen molar-refractivity contribution < 1.29 is 9.90 Å². The molecule has 1 atom stereocenters. The van der Waals surface area contributed by atoms with Crippen molar-refractivity contribution in [1.82, 2.24) is 4.90 Å². The van der Waals surface area contributed by atoms with Gasteiger partial charge in [0.2, 0.25) is 0 Å². The first kappa shape index (κ1) is 12.9. The highest BCUT2D eigenvalue weighted by molar-refractivity contribution is 5.89. The van der Waals surface area contributed by atoms with E-state index in [0.29, 0.717) is 0 Å². The second-order valence-corrected chi connectivity index (χ2v) is 4.68. The number of amides is 2. The topological polar surface area (TPSA) is 52.6 Å². The number of benzene rings is 1. The molecule has 1 saturated heterocycles. The van der Waals surface area contributed by atoms with E-state index in [1.807, 2.05) is 30.3 Å². The van der Waals surface area contributed by atoms with Gasteiger partial charge in [0, 0.05) is 12.2 Å². The minimum Gasteiger partial charge on any atom is -0.394 e. The molecule has 0 bridgehead atoms. The summed E-state index contributed by atoms with van der Waals surface area (Å²) in [6, 6.07) is 9.27. The number of carbonyl (C=O) groups excluding carboxylic acids is 1. The van der Waals surface area contributed by atoms with Gasteiger partial charge in [0.05, 0.1) is 12.6 Å². The third kappa shape index (κ3) is 3.23. The molecule has 1 aliphatic rings. The minimum atomic E-state index is -0.109. The summed E-state index contributed by atoms with van der Waals surface area (Å²) in [6.07, 6.45) is 4.11. The number of aliphatic hydroxyl groups excluding tert-OH is 1. The number of carbonyl (C=O) groups is 1. The molecule has 2 N–H and O–H groups in total. The van der Waals surface area contributed by atoms with Crippen LogP contribution in [0.5, 0.6) is 0 Å². The Balaban J connectivity index is 2.01. The monoisotopic (exact) mass is 248 g/mol. The Kier molecular flexibility index (Phi) is 4.59. The van der Waals surface area contributed by atoms with Crippen molar-refractivity contribution in [2.45, 2.75) is 31.7 Å². The summed E-state index contributed by atoms with van der Waals surface area (Å²) in [7, 11) is 0. The third-order valence-corrected chi connectivity index (χ3v) is 3.37. The lowest BCUT2D eigenvalue weighted by Gasteiger charge is -2.28. The van der Waals surface area contributed by atoms with Gasteiger partial charge in [0.1, 0.15) is 0 Å². The van der Waals surface area contributed by atoms with Crippen LogP contribution in [-0.2, 0) is 0 Å². The van der Waals surface area contributed by atoms with Crippen molar-refractivity contribution in [3.05, 3.63) is 30.3 Å². The van der Waals surface area contributed by atoms with E-state index in [1.165, 1.54) is 0 Å². The predicted molar refractivity (Wildman–Crippen MR) is 71.5 cm³/mol. The van der Waals surface area contributed by atoms with E-state index in [9.17, 15) is 9.90 Å². The molecule has 2 amide bonds. The molecule has 1 aromatic carbocycles. The molecular formula is C14H20N2O2. The number of rotatable bonds is 2. The van der Waals surface area contributed by atoms with Crippen LogP contribution in [-0.4, -0.2) is 35.2 Å². The number of hydrogen-bond donors (Lipinski definition) is 2. The summed E-state index contributed by atoms with van der Waals surface area (Å²) < 4.78 is 0. The van der Waals surface area contributed by atoms with Gasteiger partial charge in [0.15, 0.2) is 0 Å². The van der Waals surface area contributed by atoms with E-state index in [4.69, 9.17) is 0 Å². The molecule has 1 unspecified atom stereocenters. The fraction of sp³-hybridized carbons (Fsp3) is 0.500. The summed E-state index contributed by atoms with van der Waals surface area (Å²) in [6.45, 7) is 0.770. The highest BCUT2D eigenvalue weighted by Gasteiger charge is 2.24. The van der Waals surface area contributed by atoms with Gasteiger partial charge >= 0.3 is 6.03 Å². The zero-order chi connectivity index (χ0) is 12.8. The number of nitrogens with zero attached hydrogens (tertiary/aromatic N) is 1. The number of anilines is 1. The van der Waals surface area contributed by atoms with E-state index in [1.54, 1.807) is 4.90 Å². The highest BCUT2D eigenvalue weighted by Crippen LogP contribution is 2.18. The number of likely N-dealkylation sites (tertiary alicyclic amines) is 1. The van der Waals surface area contributed by atoms with Gasteiger partial charge in [-0.1, -0.05) is 31.0 Å². The summed E-state index contributed by atoms with van der Waals surface area (Å²) in [5.41, 5.74) is 0.795. The Bertz CT molecular complexity index is 381. The minimum absolute atomic E-state index is 0.0439. The van der Waals surface area contributed by atoms with E-state index in [2.05, 4.69) is 5.32 Å². The number of aliphatic hydroxyl groups is 1. The average Bonchev–Trinajstić information content (AvgIpc) is 2.64. The fourth-order valence-electron chi connectivity index (χ4n) is 2.35. The lowest BCUT2D eigenvalue weighted by atomic mass is 10.1. The van der Waals surface area contributed by atoms with Gasteiger partial charge in [0.25, 0.3) is 0 Å². The molecule has 4 nitrogen and oxygen atoms in total. The van der Waals surface area contributed by atoms with Crippen LogP contribution in [0.4, 0.5) is 10.5 Å². The molecule has 18 heavy (non-hydrogen) atoms. The number of hydrogen-bond acceptors (Lipinski definition) is 2. The van der Waals surface area contributed by atoms with Crippen LogP contribution in [0.15, 0.2) is 30.3 Å². The molecule has 0 aromatic heterocycles. The Morgan fingerprint density at radius 1 is 1.28 bits per heavy atom. The molecule has 1 fully saturated rings. The van der Waals surface area contributed by atoms with E-state index in [0.717, 1.165) is 37.9 Å². The first-order chi connectivity index (χ1) is 8.81. The predicted octanol–water partition coefficient (Wildman–Crippen LogP) is 2.46. The molecule has 1 aliphatic heterocycles. The van der Waals surface area contributed by atoms with Gasteiger partial charge in [-0.2, -0.15) is 0 Å². The first-order valence-electron chi connectivity index (χ1n) is 6.55. The molecule has 1 heterocycles. The van der Waals surface area contributed by atoms with Crippen molar-refractivity contribution in [1.29, 1.82) is 0 Å². The smallest absolute Gasteiger partial charge is 0.322 e. The molecule has 98 valence electrons. The zero-order valence-corrected chi connectivity index (χ0v) is 10.5. The quantitative estimate of drug-likeness (QED) is 0.844. The number of para-hydroxylation sites is 1. The molecule has 2 rings (SSSR count). The normalized spacial score (nSPS) is 20.3. The van der Waals surface area contributed by atoms with Crippen molar-refractivity contribution in [3.63, 3.8) is 0 Å². The van der Waals surface area contributed by atoms with Gasteiger partial charge in [-0.3, -0.25) is 0 Å². The number of nitrogens with one attached hydrogen (secondary N) is 1. The molecule has 1 aromatic rings. The van der Waals surface area contributed by atoms with Gasteiger partial charge in [-0.15, -0.1) is 0 Å². The Morgan fingerprint density at radius 3 is 2.78 bits per heavy atom. The van der Waals surface area contributed by atoms with Crippen LogP contribution < -0.4 is 5.32 Å². The van der Waals surface area contributed by atoms with E-state index < -0.39 is 0 Å². The highest BCUT2D eigenvalue weighted by atomic mass is 16.3. The Hall–Kier alpha value is -1.55.